The van der Waals surface area contributed by atoms with Gasteiger partial charge in [0.2, 0.25) is 11.9 Å². The zero-order chi connectivity index (χ0) is 31.6. The molecule has 0 unspecified atom stereocenters. The van der Waals surface area contributed by atoms with Gasteiger partial charge in [-0.15, -0.1) is 0 Å². The number of carbonyl (C=O) groups is 1. The van der Waals surface area contributed by atoms with Crippen molar-refractivity contribution in [3.05, 3.63) is 84.6 Å². The van der Waals surface area contributed by atoms with Gasteiger partial charge in [-0.1, -0.05) is 44.2 Å². The molecule has 228 valence electrons. The van der Waals surface area contributed by atoms with Crippen molar-refractivity contribution < 1.29 is 22.4 Å². The van der Waals surface area contributed by atoms with Crippen LogP contribution in [0.3, 0.4) is 0 Å². The van der Waals surface area contributed by atoms with Crippen molar-refractivity contribution in [1.82, 2.24) is 24.6 Å². The van der Waals surface area contributed by atoms with E-state index in [0.29, 0.717) is 29.0 Å². The molecule has 0 saturated heterocycles. The average molecular weight is 599 g/mol. The van der Waals surface area contributed by atoms with Gasteiger partial charge in [0.1, 0.15) is 11.6 Å². The minimum absolute atomic E-state index is 0.0149. The molecule has 2 aromatic carbocycles. The van der Waals surface area contributed by atoms with E-state index in [9.17, 15) is 22.4 Å². The van der Waals surface area contributed by atoms with Crippen molar-refractivity contribution >= 4 is 34.7 Å². The number of hydrogen-bond acceptors (Lipinski definition) is 7. The van der Waals surface area contributed by atoms with E-state index in [-0.39, 0.29) is 28.9 Å². The van der Waals surface area contributed by atoms with Crippen LogP contribution in [-0.2, 0) is 18.3 Å². The summed E-state index contributed by atoms with van der Waals surface area (Å²) in [6.45, 7) is 4.58. The zero-order valence-electron chi connectivity index (χ0n) is 24.5. The van der Waals surface area contributed by atoms with Gasteiger partial charge in [-0.05, 0) is 43.4 Å². The molecule has 3 N–H and O–H groups in total. The zero-order valence-corrected chi connectivity index (χ0v) is 24.5. The molecule has 0 saturated carbocycles. The van der Waals surface area contributed by atoms with E-state index in [1.54, 1.807) is 30.2 Å². The molecule has 43 heavy (non-hydrogen) atoms. The Morgan fingerprint density at radius 2 is 1.74 bits per heavy atom. The Bertz CT molecular complexity index is 1530. The molecule has 9 nitrogen and oxygen atoms in total. The van der Waals surface area contributed by atoms with Gasteiger partial charge in [-0.25, -0.2) is 9.37 Å². The predicted molar refractivity (Wildman–Crippen MR) is 161 cm³/mol. The van der Waals surface area contributed by atoms with E-state index in [0.717, 1.165) is 0 Å². The highest BCUT2D eigenvalue weighted by Gasteiger charge is 2.27. The van der Waals surface area contributed by atoms with Gasteiger partial charge in [0.05, 0.1) is 24.0 Å². The Kier molecular flexibility index (Phi) is 11.4. The van der Waals surface area contributed by atoms with Gasteiger partial charge in [0.15, 0.2) is 0 Å². The van der Waals surface area contributed by atoms with Crippen molar-refractivity contribution in [1.29, 1.82) is 0 Å². The number of rotatable bonds is 10. The van der Waals surface area contributed by atoms with Gasteiger partial charge >= 0.3 is 6.18 Å². The fourth-order valence-electron chi connectivity index (χ4n) is 3.78. The van der Waals surface area contributed by atoms with E-state index in [1.165, 1.54) is 54.7 Å². The number of benzene rings is 2. The third-order valence-corrected chi connectivity index (χ3v) is 5.65. The molecule has 0 aliphatic carbocycles. The second-order valence-electron chi connectivity index (χ2n) is 9.45. The minimum Gasteiger partial charge on any atom is -0.337 e. The van der Waals surface area contributed by atoms with Crippen LogP contribution >= 0.6 is 0 Å². The Balaban J connectivity index is 0.00000248. The Morgan fingerprint density at radius 1 is 1.02 bits per heavy atom. The number of alkyl halides is 3. The first-order valence-corrected chi connectivity index (χ1v) is 13.4. The molecule has 0 aliphatic rings. The highest BCUT2D eigenvalue weighted by atomic mass is 19.4. The van der Waals surface area contributed by atoms with Crippen molar-refractivity contribution in [2.45, 2.75) is 26.4 Å². The van der Waals surface area contributed by atoms with E-state index in [2.05, 4.69) is 31.0 Å². The summed E-state index contributed by atoms with van der Waals surface area (Å²) in [5.41, 5.74) is 2.00. The molecule has 1 amide bonds. The number of carbonyl (C=O) groups excluding carboxylic acids is 1. The molecule has 0 radical (unpaired) electrons. The normalized spacial score (nSPS) is 11.3. The van der Waals surface area contributed by atoms with Crippen LogP contribution in [0.2, 0.25) is 0 Å². The molecule has 0 bridgehead atoms. The number of likely N-dealkylation sites (N-methyl/N-ethyl adjacent to an activating group) is 1. The van der Waals surface area contributed by atoms with Gasteiger partial charge < -0.3 is 20.9 Å². The molecular formula is C30H34F4N8O. The molecule has 4 rings (SSSR count). The fourth-order valence-corrected chi connectivity index (χ4v) is 3.78. The molecule has 0 aliphatic heterocycles. The lowest BCUT2D eigenvalue weighted by Crippen LogP contribution is -2.13. The Morgan fingerprint density at radius 3 is 2.37 bits per heavy atom. The van der Waals surface area contributed by atoms with Crippen LogP contribution in [0.5, 0.6) is 0 Å². The first-order chi connectivity index (χ1) is 20.4. The highest BCUT2D eigenvalue weighted by molar-refractivity contribution is 5.99. The molecule has 13 heteroatoms. The van der Waals surface area contributed by atoms with Crippen LogP contribution in [0.4, 0.5) is 46.4 Å². The molecular weight excluding hydrogens is 564 g/mol. The number of halogens is 4. The smallest absolute Gasteiger partial charge is 0.337 e. The number of anilines is 5. The fraction of sp³-hybridized carbons (Fsp3) is 0.267. The molecule has 2 heterocycles. The summed E-state index contributed by atoms with van der Waals surface area (Å²) in [4.78, 5) is 23.0. The van der Waals surface area contributed by atoms with Crippen LogP contribution in [0.15, 0.2) is 73.2 Å². The number of hydrogen-bond donors (Lipinski definition) is 3. The van der Waals surface area contributed by atoms with Gasteiger partial charge in [-0.2, -0.15) is 23.3 Å². The van der Waals surface area contributed by atoms with Crippen molar-refractivity contribution in [3.63, 3.8) is 0 Å². The summed E-state index contributed by atoms with van der Waals surface area (Å²) in [6, 6.07) is 9.82. The molecule has 2 aromatic heterocycles. The van der Waals surface area contributed by atoms with Crippen LogP contribution in [0.1, 0.15) is 19.4 Å². The SMILES string of the molecule is CC.CN(C)C/C=C/C(=O)Nc1ccc(F)c(Nc2nc(Nc3cnn(C)c3)ncc2-c2ccc(CC(F)(F)F)cc2)c1. The maximum Gasteiger partial charge on any atom is 0.393 e. The highest BCUT2D eigenvalue weighted by Crippen LogP contribution is 2.32. The molecule has 4 aromatic rings. The standard InChI is InChI=1S/C28H28F4N8O.C2H6/c1-39(2)12-4-5-25(41)35-20-10-11-23(29)24(13-20)37-26-22(19-8-6-18(7-9-19)14-28(30,31)32)16-33-27(38-26)36-21-15-34-40(3)17-21;1-2/h4-11,13,15-17H,12,14H2,1-3H3,(H,35,41)(H2,33,36,37,38);1-2H3/b5-4+;. The minimum atomic E-state index is -4.34. The number of aromatic nitrogens is 4. The first-order valence-electron chi connectivity index (χ1n) is 13.4. The third-order valence-electron chi connectivity index (χ3n) is 5.65. The lowest BCUT2D eigenvalue weighted by molar-refractivity contribution is -0.127. The topological polar surface area (TPSA) is 100 Å². The lowest BCUT2D eigenvalue weighted by Gasteiger charge is -2.15. The Labute approximate surface area is 247 Å². The van der Waals surface area contributed by atoms with Crippen LogP contribution < -0.4 is 16.0 Å². The summed E-state index contributed by atoms with van der Waals surface area (Å²) in [6.07, 6.45) is 2.45. The number of aryl methyl sites for hydroxylation is 1. The van der Waals surface area contributed by atoms with E-state index >= 15 is 0 Å². The molecule has 0 fully saturated rings. The van der Waals surface area contributed by atoms with E-state index < -0.39 is 18.4 Å². The average Bonchev–Trinajstić information content (AvgIpc) is 3.35. The van der Waals surface area contributed by atoms with E-state index in [1.807, 2.05) is 32.8 Å². The first kappa shape index (κ1) is 32.7. The van der Waals surface area contributed by atoms with Crippen molar-refractivity contribution in [2.24, 2.45) is 7.05 Å². The molecule has 0 spiro atoms. The van der Waals surface area contributed by atoms with Crippen LogP contribution in [0.25, 0.3) is 11.1 Å². The maximum absolute atomic E-state index is 14.9. The monoisotopic (exact) mass is 598 g/mol. The van der Waals surface area contributed by atoms with Crippen molar-refractivity contribution in [3.8, 4) is 11.1 Å². The summed E-state index contributed by atoms with van der Waals surface area (Å²) < 4.78 is 55.0. The van der Waals surface area contributed by atoms with Crippen LogP contribution in [-0.4, -0.2) is 57.4 Å². The van der Waals surface area contributed by atoms with Gasteiger partial charge in [0.25, 0.3) is 0 Å². The van der Waals surface area contributed by atoms with Crippen molar-refractivity contribution in [2.75, 3.05) is 36.6 Å². The second kappa shape index (κ2) is 14.9. The van der Waals surface area contributed by atoms with Gasteiger partial charge in [0, 0.05) is 43.3 Å². The summed E-state index contributed by atoms with van der Waals surface area (Å²) in [7, 11) is 5.49. The number of amides is 1. The number of nitrogens with one attached hydrogen (secondary N) is 3. The quantitative estimate of drug-likeness (QED) is 0.138. The van der Waals surface area contributed by atoms with E-state index in [4.69, 9.17) is 0 Å². The summed E-state index contributed by atoms with van der Waals surface area (Å²) in [5.74, 6) is -0.635. The summed E-state index contributed by atoms with van der Waals surface area (Å²) >= 11 is 0. The van der Waals surface area contributed by atoms with Gasteiger partial charge in [-0.3, -0.25) is 9.48 Å². The predicted octanol–water partition coefficient (Wildman–Crippen LogP) is 6.69. The molecule has 0 atom stereocenters. The Hall–Kier alpha value is -4.78. The van der Waals surface area contributed by atoms with Crippen LogP contribution in [0, 0.1) is 5.82 Å². The lowest BCUT2D eigenvalue weighted by atomic mass is 10.0. The number of nitrogens with zero attached hydrogens (tertiary/aromatic N) is 5. The summed E-state index contributed by atoms with van der Waals surface area (Å²) in [5, 5.41) is 12.7. The maximum atomic E-state index is 14.9. The third kappa shape index (κ3) is 10.2. The second-order valence-corrected chi connectivity index (χ2v) is 9.45. The largest absolute Gasteiger partial charge is 0.393 e.